The van der Waals surface area contributed by atoms with Crippen LogP contribution in [-0.4, -0.2) is 10.9 Å². The van der Waals surface area contributed by atoms with Crippen LogP contribution >= 0.6 is 0 Å². The topological polar surface area (TPSA) is 52.3 Å². The molecule has 1 heterocycles. The number of ketones is 1. The van der Waals surface area contributed by atoms with E-state index in [4.69, 9.17) is 9.26 Å². The second-order valence-electron chi connectivity index (χ2n) is 6.73. The van der Waals surface area contributed by atoms with Crippen molar-refractivity contribution >= 4 is 11.9 Å². The van der Waals surface area contributed by atoms with Crippen molar-refractivity contribution in [2.24, 2.45) is 0 Å². The van der Waals surface area contributed by atoms with E-state index in [1.165, 1.54) is 12.1 Å². The van der Waals surface area contributed by atoms with E-state index in [1.54, 1.807) is 36.4 Å². The number of carbonyl (C=O) groups is 1. The highest BCUT2D eigenvalue weighted by Gasteiger charge is 2.10. The normalized spacial score (nSPS) is 11.0. The molecule has 0 amide bonds. The van der Waals surface area contributed by atoms with Crippen LogP contribution < -0.4 is 4.74 Å². The van der Waals surface area contributed by atoms with Crippen LogP contribution in [0.3, 0.4) is 0 Å². The SMILES string of the molecule is O=C(/C=C/c1ccccc1)c1ccc(OCc2cc(-c3ccc(F)c(F)c3)no2)cc1. The van der Waals surface area contributed by atoms with E-state index < -0.39 is 11.6 Å². The smallest absolute Gasteiger partial charge is 0.185 e. The van der Waals surface area contributed by atoms with Crippen molar-refractivity contribution in [3.05, 3.63) is 113 Å². The molecule has 4 aromatic rings. The molecule has 3 aromatic carbocycles. The lowest BCUT2D eigenvalue weighted by Crippen LogP contribution is -1.96. The van der Waals surface area contributed by atoms with E-state index in [0.29, 0.717) is 28.3 Å². The molecule has 4 rings (SSSR count). The van der Waals surface area contributed by atoms with Gasteiger partial charge >= 0.3 is 0 Å². The molecule has 4 nitrogen and oxygen atoms in total. The molecule has 0 unspecified atom stereocenters. The number of aromatic nitrogens is 1. The summed E-state index contributed by atoms with van der Waals surface area (Å²) in [5.74, 6) is -1.01. The first-order valence-electron chi connectivity index (χ1n) is 9.50. The maximum Gasteiger partial charge on any atom is 0.185 e. The minimum Gasteiger partial charge on any atom is -0.486 e. The van der Waals surface area contributed by atoms with E-state index in [0.717, 1.165) is 17.7 Å². The van der Waals surface area contributed by atoms with Crippen molar-refractivity contribution in [3.8, 4) is 17.0 Å². The number of allylic oxidation sites excluding steroid dienone is 1. The minimum absolute atomic E-state index is 0.0951. The van der Waals surface area contributed by atoms with Gasteiger partial charge in [-0.2, -0.15) is 0 Å². The summed E-state index contributed by atoms with van der Waals surface area (Å²) in [5.41, 5.74) is 2.27. The fraction of sp³-hybridized carbons (Fsp3) is 0.0400. The number of rotatable bonds is 7. The molecule has 0 saturated carbocycles. The van der Waals surface area contributed by atoms with Crippen LogP contribution in [0.4, 0.5) is 8.78 Å². The van der Waals surface area contributed by atoms with E-state index in [9.17, 15) is 13.6 Å². The molecule has 0 spiro atoms. The lowest BCUT2D eigenvalue weighted by atomic mass is 10.1. The Bertz CT molecular complexity index is 1220. The molecule has 0 fully saturated rings. The first-order chi connectivity index (χ1) is 15.1. The molecule has 0 N–H and O–H groups in total. The lowest BCUT2D eigenvalue weighted by molar-refractivity contribution is 0.104. The van der Waals surface area contributed by atoms with Gasteiger partial charge in [-0.15, -0.1) is 0 Å². The predicted molar refractivity (Wildman–Crippen MR) is 112 cm³/mol. The zero-order valence-electron chi connectivity index (χ0n) is 16.3. The fourth-order valence-corrected chi connectivity index (χ4v) is 2.87. The van der Waals surface area contributed by atoms with Gasteiger partial charge in [-0.1, -0.05) is 41.6 Å². The van der Waals surface area contributed by atoms with Gasteiger partial charge in [0.25, 0.3) is 0 Å². The van der Waals surface area contributed by atoms with Crippen molar-refractivity contribution in [3.63, 3.8) is 0 Å². The molecule has 0 saturated heterocycles. The number of halogens is 2. The van der Waals surface area contributed by atoms with Gasteiger partial charge in [0, 0.05) is 17.2 Å². The Hall–Kier alpha value is -4.06. The van der Waals surface area contributed by atoms with Crippen LogP contribution in [0.5, 0.6) is 5.75 Å². The van der Waals surface area contributed by atoms with Crippen molar-refractivity contribution in [2.45, 2.75) is 6.61 Å². The quantitative estimate of drug-likeness (QED) is 0.270. The first-order valence-corrected chi connectivity index (χ1v) is 9.50. The van der Waals surface area contributed by atoms with E-state index in [1.807, 2.05) is 30.3 Å². The molecular formula is C25H17F2NO3. The highest BCUT2D eigenvalue weighted by Crippen LogP contribution is 2.22. The Labute approximate surface area is 177 Å². The summed E-state index contributed by atoms with van der Waals surface area (Å²) in [6, 6.07) is 21.4. The van der Waals surface area contributed by atoms with E-state index in [-0.39, 0.29) is 12.4 Å². The Morgan fingerprint density at radius 1 is 0.935 bits per heavy atom. The molecule has 0 aliphatic rings. The van der Waals surface area contributed by atoms with Crippen LogP contribution in [0.2, 0.25) is 0 Å². The summed E-state index contributed by atoms with van der Waals surface area (Å²) < 4.78 is 37.3. The van der Waals surface area contributed by atoms with Gasteiger partial charge in [-0.25, -0.2) is 8.78 Å². The second-order valence-corrected chi connectivity index (χ2v) is 6.73. The maximum absolute atomic E-state index is 13.4. The first kappa shape index (κ1) is 20.2. The van der Waals surface area contributed by atoms with Crippen LogP contribution in [0, 0.1) is 11.6 Å². The lowest BCUT2D eigenvalue weighted by Gasteiger charge is -2.04. The Balaban J connectivity index is 1.35. The number of hydrogen-bond donors (Lipinski definition) is 0. The largest absolute Gasteiger partial charge is 0.486 e. The van der Waals surface area contributed by atoms with Crippen molar-refractivity contribution in [1.29, 1.82) is 0 Å². The molecule has 0 atom stereocenters. The molecule has 0 aliphatic heterocycles. The average Bonchev–Trinajstić information content (AvgIpc) is 3.28. The average molecular weight is 417 g/mol. The molecule has 0 aliphatic carbocycles. The summed E-state index contributed by atoms with van der Waals surface area (Å²) in [4.78, 5) is 12.3. The van der Waals surface area contributed by atoms with Crippen LogP contribution in [-0.2, 0) is 6.61 Å². The summed E-state index contributed by atoms with van der Waals surface area (Å²) in [5, 5.41) is 3.86. The molecule has 0 bridgehead atoms. The van der Waals surface area contributed by atoms with Gasteiger partial charge < -0.3 is 9.26 Å². The maximum atomic E-state index is 13.4. The number of ether oxygens (including phenoxy) is 1. The third-order valence-corrected chi connectivity index (χ3v) is 4.52. The van der Waals surface area contributed by atoms with Gasteiger partial charge in [-0.05, 0) is 54.1 Å². The van der Waals surface area contributed by atoms with Gasteiger partial charge in [0.05, 0.1) is 0 Å². The monoisotopic (exact) mass is 417 g/mol. The summed E-state index contributed by atoms with van der Waals surface area (Å²) in [7, 11) is 0. The van der Waals surface area contributed by atoms with Crippen molar-refractivity contribution in [1.82, 2.24) is 5.16 Å². The molecule has 0 radical (unpaired) electrons. The minimum atomic E-state index is -0.952. The highest BCUT2D eigenvalue weighted by atomic mass is 19.2. The Morgan fingerprint density at radius 3 is 2.45 bits per heavy atom. The zero-order chi connectivity index (χ0) is 21.6. The Morgan fingerprint density at radius 2 is 1.71 bits per heavy atom. The predicted octanol–water partition coefficient (Wildman–Crippen LogP) is 6.09. The summed E-state index contributed by atoms with van der Waals surface area (Å²) in [6.07, 6.45) is 3.29. The fourth-order valence-electron chi connectivity index (χ4n) is 2.87. The molecule has 6 heteroatoms. The number of benzene rings is 3. The van der Waals surface area contributed by atoms with E-state index >= 15 is 0 Å². The molecule has 31 heavy (non-hydrogen) atoms. The number of carbonyl (C=O) groups excluding carboxylic acids is 1. The van der Waals surface area contributed by atoms with Gasteiger partial charge in [-0.3, -0.25) is 4.79 Å². The molecular weight excluding hydrogens is 400 g/mol. The van der Waals surface area contributed by atoms with Crippen molar-refractivity contribution in [2.75, 3.05) is 0 Å². The Kier molecular flexibility index (Phi) is 5.98. The van der Waals surface area contributed by atoms with Crippen LogP contribution in [0.1, 0.15) is 21.7 Å². The third-order valence-electron chi connectivity index (χ3n) is 4.52. The standard InChI is InChI=1S/C25H17F2NO3/c26-22-12-9-19(14-23(22)27)24-15-21(31-28-24)16-30-20-10-7-18(8-11-20)25(29)13-6-17-4-2-1-3-5-17/h1-15H,16H2/b13-6+. The summed E-state index contributed by atoms with van der Waals surface area (Å²) >= 11 is 0. The van der Waals surface area contributed by atoms with Crippen molar-refractivity contribution < 1.29 is 22.8 Å². The van der Waals surface area contributed by atoms with Gasteiger partial charge in [0.15, 0.2) is 23.2 Å². The van der Waals surface area contributed by atoms with Gasteiger partial charge in [0.1, 0.15) is 18.1 Å². The molecule has 1 aromatic heterocycles. The van der Waals surface area contributed by atoms with E-state index in [2.05, 4.69) is 5.16 Å². The zero-order valence-corrected chi connectivity index (χ0v) is 16.3. The van der Waals surface area contributed by atoms with Gasteiger partial charge in [0.2, 0.25) is 0 Å². The molecule has 154 valence electrons. The number of nitrogens with zero attached hydrogens (tertiary/aromatic N) is 1. The van der Waals surface area contributed by atoms with Crippen LogP contribution in [0.15, 0.2) is 89.5 Å². The van der Waals surface area contributed by atoms with Crippen LogP contribution in [0.25, 0.3) is 17.3 Å². The third kappa shape index (κ3) is 5.11. The number of hydrogen-bond acceptors (Lipinski definition) is 4. The second kappa shape index (κ2) is 9.17. The summed E-state index contributed by atoms with van der Waals surface area (Å²) in [6.45, 7) is 0.0951. The highest BCUT2D eigenvalue weighted by molar-refractivity contribution is 6.06.